The first-order valence-corrected chi connectivity index (χ1v) is 15.8. The zero-order chi connectivity index (χ0) is 29.5. The van der Waals surface area contributed by atoms with Crippen LogP contribution in [0, 0.1) is 0 Å². The van der Waals surface area contributed by atoms with Gasteiger partial charge in [0, 0.05) is 0 Å². The van der Waals surface area contributed by atoms with E-state index in [1.807, 2.05) is 0 Å². The standard InChI is InChI=1S/C23H29F2N7SSe.C2HF3O2/c1-13-11-31(9-8-26-13)16-10-15(33-30-23(2)6-7-23)12-32-18(21-28-29-22(34-21)19(24)25)17(27-20(16)32)14-4-3-5-14;3-2(4,5)1(6)7/h10,12-14,19,26,30H,3-9,11H2,1-2H3;(H,6,7). The average molecular weight is 667 g/mol. The number of carboxylic acids is 1. The second-order valence-corrected chi connectivity index (χ2v) is 13.8. The smallest absolute Gasteiger partial charge is 0.475 e. The molecular weight excluding hydrogens is 636 g/mol. The van der Waals surface area contributed by atoms with Crippen LogP contribution in [0.25, 0.3) is 15.9 Å². The van der Waals surface area contributed by atoms with Gasteiger partial charge in [-0.25, -0.2) is 4.79 Å². The fraction of sp³-hybridized carbons (Fsp3) is 0.600. The molecule has 0 spiro atoms. The van der Waals surface area contributed by atoms with Crippen LogP contribution in [0.2, 0.25) is 0 Å². The first-order valence-electron chi connectivity index (χ1n) is 13.2. The maximum atomic E-state index is 13.4. The molecule has 3 aromatic rings. The number of nitrogens with zero attached hydrogens (tertiary/aromatic N) is 5. The van der Waals surface area contributed by atoms with Gasteiger partial charge < -0.3 is 5.11 Å². The number of aliphatic carboxylic acids is 1. The van der Waals surface area contributed by atoms with E-state index in [1.54, 1.807) is 11.9 Å². The van der Waals surface area contributed by atoms with E-state index < -0.39 is 33.1 Å². The fourth-order valence-corrected chi connectivity index (χ4v) is 7.10. The third kappa shape index (κ3) is 6.87. The van der Waals surface area contributed by atoms with Crippen molar-refractivity contribution in [3.05, 3.63) is 22.5 Å². The number of fused-ring (bicyclic) bond motifs is 1. The second kappa shape index (κ2) is 11.8. The largest absolute Gasteiger partial charge is 0.490 e. The van der Waals surface area contributed by atoms with Crippen molar-refractivity contribution in [2.24, 2.45) is 0 Å². The van der Waals surface area contributed by atoms with E-state index in [0.717, 1.165) is 60.1 Å². The summed E-state index contributed by atoms with van der Waals surface area (Å²) in [5, 5.41) is 18.8. The number of rotatable bonds is 7. The minimum atomic E-state index is -5.08. The third-order valence-electron chi connectivity index (χ3n) is 7.39. The number of halogens is 5. The van der Waals surface area contributed by atoms with E-state index in [1.165, 1.54) is 19.3 Å². The summed E-state index contributed by atoms with van der Waals surface area (Å²) in [6, 6.07) is 2.62. The van der Waals surface area contributed by atoms with Gasteiger partial charge in [-0.05, 0) is 0 Å². The molecule has 1 aliphatic heterocycles. The van der Waals surface area contributed by atoms with E-state index in [-0.39, 0.29) is 10.1 Å². The first-order chi connectivity index (χ1) is 19.3. The number of nitrogens with one attached hydrogen (secondary N) is 2. The Morgan fingerprint density at radius 2 is 2.00 bits per heavy atom. The zero-order valence-corrected chi connectivity index (χ0v) is 24.9. The van der Waals surface area contributed by atoms with Gasteiger partial charge in [0.2, 0.25) is 0 Å². The van der Waals surface area contributed by atoms with Gasteiger partial charge in [0.05, 0.1) is 0 Å². The minimum absolute atomic E-state index is 0.0954. The summed E-state index contributed by atoms with van der Waals surface area (Å²) in [5.41, 5.74) is 4.09. The number of hydrogen-bond donors (Lipinski definition) is 3. The average Bonchev–Trinajstić information content (AvgIpc) is 3.25. The summed E-state index contributed by atoms with van der Waals surface area (Å²) in [6.45, 7) is 7.18. The Balaban J connectivity index is 0.000000431. The van der Waals surface area contributed by atoms with Gasteiger partial charge in [0.1, 0.15) is 0 Å². The molecule has 0 bridgehead atoms. The molecule has 6 rings (SSSR count). The fourth-order valence-electron chi connectivity index (χ4n) is 4.63. The quantitative estimate of drug-likeness (QED) is 0.189. The Labute approximate surface area is 243 Å². The summed E-state index contributed by atoms with van der Waals surface area (Å²) >= 11 is 1.07. The van der Waals surface area contributed by atoms with Crippen LogP contribution in [-0.2, 0) is 4.79 Å². The maximum Gasteiger partial charge on any atom is 0.490 e. The van der Waals surface area contributed by atoms with Gasteiger partial charge in [-0.2, -0.15) is 13.2 Å². The zero-order valence-electron chi connectivity index (χ0n) is 22.3. The molecule has 1 unspecified atom stereocenters. The van der Waals surface area contributed by atoms with Crippen LogP contribution in [0.5, 0.6) is 0 Å². The van der Waals surface area contributed by atoms with Crippen molar-refractivity contribution in [3.63, 3.8) is 0 Å². The van der Waals surface area contributed by atoms with Gasteiger partial charge in [-0.3, -0.25) is 0 Å². The summed E-state index contributed by atoms with van der Waals surface area (Å²) in [4.78, 5) is 17.6. The van der Waals surface area contributed by atoms with Crippen LogP contribution in [0.1, 0.15) is 68.6 Å². The number of alkyl halides is 5. The third-order valence-corrected chi connectivity index (χ3v) is 10.4. The molecule has 9 nitrogen and oxygen atoms in total. The van der Waals surface area contributed by atoms with Crippen molar-refractivity contribution in [2.75, 3.05) is 24.5 Å². The monoisotopic (exact) mass is 667 g/mol. The summed E-state index contributed by atoms with van der Waals surface area (Å²) in [5.74, 6) is -2.40. The molecule has 3 fully saturated rings. The SMILES string of the molecule is CC1CN(c2cc(SNC3(C)CC3)cn3c(-c4nnc(C(F)F)[se]4)c(C4CCC4)nc23)CCN1.O=C(O)C(F)(F)F. The van der Waals surface area contributed by atoms with E-state index in [0.29, 0.717) is 16.5 Å². The van der Waals surface area contributed by atoms with Crippen molar-refractivity contribution >= 4 is 43.8 Å². The van der Waals surface area contributed by atoms with Crippen molar-refractivity contribution < 1.29 is 31.9 Å². The normalized spacial score (nSPS) is 20.6. The van der Waals surface area contributed by atoms with Crippen LogP contribution in [-0.4, -0.2) is 82.6 Å². The number of imidazole rings is 1. The predicted molar refractivity (Wildman–Crippen MR) is 145 cm³/mol. The second-order valence-electron chi connectivity index (χ2n) is 10.8. The topological polar surface area (TPSA) is 108 Å². The van der Waals surface area contributed by atoms with Crippen LogP contribution in [0.4, 0.5) is 27.6 Å². The van der Waals surface area contributed by atoms with E-state index in [9.17, 15) is 22.0 Å². The Kier molecular flexibility index (Phi) is 8.68. The van der Waals surface area contributed by atoms with Crippen LogP contribution < -0.4 is 14.9 Å². The molecule has 0 radical (unpaired) electrons. The first kappa shape index (κ1) is 30.2. The van der Waals surface area contributed by atoms with Gasteiger partial charge in [0.15, 0.2) is 0 Å². The molecule has 1 atom stereocenters. The van der Waals surface area contributed by atoms with Crippen molar-refractivity contribution in [1.82, 2.24) is 29.6 Å². The molecule has 2 aliphatic carbocycles. The molecule has 0 aromatic carbocycles. The van der Waals surface area contributed by atoms with E-state index in [2.05, 4.69) is 55.6 Å². The maximum absolute atomic E-state index is 13.4. The number of anilines is 1. The molecular formula is C25H30F5N7O2SSe. The van der Waals surface area contributed by atoms with Crippen LogP contribution in [0.3, 0.4) is 0 Å². The molecule has 3 aromatic heterocycles. The Hall–Kier alpha value is -2.26. The molecule has 224 valence electrons. The number of piperazine rings is 1. The molecule has 41 heavy (non-hydrogen) atoms. The molecule has 1 saturated heterocycles. The van der Waals surface area contributed by atoms with Crippen molar-refractivity contribution in [1.29, 1.82) is 0 Å². The van der Waals surface area contributed by atoms with Gasteiger partial charge in [-0.15, -0.1) is 0 Å². The summed E-state index contributed by atoms with van der Waals surface area (Å²) in [7, 11) is 0. The van der Waals surface area contributed by atoms with Gasteiger partial charge in [-0.1, -0.05) is 0 Å². The van der Waals surface area contributed by atoms with Crippen LogP contribution >= 0.6 is 11.9 Å². The molecule has 3 N–H and O–H groups in total. The molecule has 3 aliphatic rings. The number of pyridine rings is 1. The van der Waals surface area contributed by atoms with Gasteiger partial charge in [0.25, 0.3) is 0 Å². The molecule has 16 heteroatoms. The molecule has 2 saturated carbocycles. The van der Waals surface area contributed by atoms with Crippen molar-refractivity contribution in [3.8, 4) is 10.3 Å². The van der Waals surface area contributed by atoms with Crippen LogP contribution in [0.15, 0.2) is 17.2 Å². The van der Waals surface area contributed by atoms with E-state index in [4.69, 9.17) is 14.9 Å². The summed E-state index contributed by atoms with van der Waals surface area (Å²) in [6.07, 6.45) is 0.180. The Morgan fingerprint density at radius 3 is 2.54 bits per heavy atom. The Morgan fingerprint density at radius 1 is 1.29 bits per heavy atom. The summed E-state index contributed by atoms with van der Waals surface area (Å²) < 4.78 is 64.8. The number of hydrogen-bond acceptors (Lipinski definition) is 8. The van der Waals surface area contributed by atoms with E-state index >= 15 is 0 Å². The number of carbonyl (C=O) groups is 1. The number of carboxylic acid groups (broad SMARTS) is 1. The van der Waals surface area contributed by atoms with Gasteiger partial charge >= 0.3 is 220 Å². The molecule has 0 amide bonds. The Bertz CT molecular complexity index is 1410. The minimum Gasteiger partial charge on any atom is -0.475 e. The molecule has 4 heterocycles. The predicted octanol–water partition coefficient (Wildman–Crippen LogP) is 4.63. The number of aromatic nitrogens is 4. The van der Waals surface area contributed by atoms with Crippen molar-refractivity contribution in [2.45, 2.75) is 80.9 Å².